The number of halogens is 2. The molecule has 0 bridgehead atoms. The fourth-order valence-electron chi connectivity index (χ4n) is 2.55. The van der Waals surface area contributed by atoms with Crippen LogP contribution in [0.4, 0.5) is 10.1 Å². The third-order valence-electron chi connectivity index (χ3n) is 3.92. The third-order valence-corrected chi connectivity index (χ3v) is 4.16. The van der Waals surface area contributed by atoms with Gasteiger partial charge in [0.15, 0.2) is 0 Å². The van der Waals surface area contributed by atoms with E-state index in [4.69, 9.17) is 16.3 Å². The highest BCUT2D eigenvalue weighted by Gasteiger charge is 2.06. The number of hydrogen-bond acceptors (Lipinski definition) is 2. The predicted octanol–water partition coefficient (Wildman–Crippen LogP) is 5.98. The van der Waals surface area contributed by atoms with E-state index >= 15 is 0 Å². The summed E-state index contributed by atoms with van der Waals surface area (Å²) in [4.78, 5) is 0. The van der Waals surface area contributed by atoms with E-state index in [-0.39, 0.29) is 5.82 Å². The summed E-state index contributed by atoms with van der Waals surface area (Å²) in [6.07, 6.45) is 0. The maximum Gasteiger partial charge on any atom is 0.124 e. The van der Waals surface area contributed by atoms with Crippen molar-refractivity contribution in [1.29, 1.82) is 0 Å². The quantitative estimate of drug-likeness (QED) is 0.587. The number of aryl methyl sites for hydroxylation is 1. The largest absolute Gasteiger partial charge is 0.489 e. The van der Waals surface area contributed by atoms with Crippen LogP contribution in [0, 0.1) is 12.7 Å². The third kappa shape index (κ3) is 4.74. The average molecular weight is 356 g/mol. The van der Waals surface area contributed by atoms with Gasteiger partial charge >= 0.3 is 0 Å². The SMILES string of the molecule is Cc1ccc(Cl)cc1NCc1ccccc1OCc1cccc(F)c1. The molecule has 4 heteroatoms. The molecule has 3 rings (SSSR count). The van der Waals surface area contributed by atoms with Gasteiger partial charge in [0, 0.05) is 22.8 Å². The molecule has 0 heterocycles. The Morgan fingerprint density at radius 2 is 1.84 bits per heavy atom. The minimum Gasteiger partial charge on any atom is -0.489 e. The van der Waals surface area contributed by atoms with Crippen LogP contribution < -0.4 is 10.1 Å². The zero-order chi connectivity index (χ0) is 17.6. The minimum absolute atomic E-state index is 0.257. The summed E-state index contributed by atoms with van der Waals surface area (Å²) >= 11 is 6.06. The smallest absolute Gasteiger partial charge is 0.124 e. The van der Waals surface area contributed by atoms with Crippen molar-refractivity contribution in [2.24, 2.45) is 0 Å². The van der Waals surface area contributed by atoms with Crippen molar-refractivity contribution in [3.63, 3.8) is 0 Å². The molecule has 25 heavy (non-hydrogen) atoms. The van der Waals surface area contributed by atoms with Crippen molar-refractivity contribution < 1.29 is 9.13 Å². The van der Waals surface area contributed by atoms with E-state index in [1.54, 1.807) is 6.07 Å². The van der Waals surface area contributed by atoms with E-state index < -0.39 is 0 Å². The molecule has 128 valence electrons. The number of hydrogen-bond donors (Lipinski definition) is 1. The molecule has 0 aliphatic rings. The van der Waals surface area contributed by atoms with E-state index in [0.717, 1.165) is 28.1 Å². The van der Waals surface area contributed by atoms with Gasteiger partial charge in [-0.1, -0.05) is 48.0 Å². The highest BCUT2D eigenvalue weighted by Crippen LogP contribution is 2.24. The van der Waals surface area contributed by atoms with Crippen molar-refractivity contribution in [3.05, 3.63) is 94.3 Å². The maximum absolute atomic E-state index is 13.3. The average Bonchev–Trinajstić information content (AvgIpc) is 2.61. The van der Waals surface area contributed by atoms with Crippen LogP contribution in [0.15, 0.2) is 66.7 Å². The minimum atomic E-state index is -0.257. The van der Waals surface area contributed by atoms with E-state index in [1.165, 1.54) is 12.1 Å². The topological polar surface area (TPSA) is 21.3 Å². The molecule has 1 N–H and O–H groups in total. The summed E-state index contributed by atoms with van der Waals surface area (Å²) in [5.74, 6) is 0.520. The Kier molecular flexibility index (Phi) is 5.56. The van der Waals surface area contributed by atoms with Crippen LogP contribution in [0.25, 0.3) is 0 Å². The first-order valence-electron chi connectivity index (χ1n) is 8.07. The lowest BCUT2D eigenvalue weighted by Gasteiger charge is -2.14. The molecule has 0 fully saturated rings. The van der Waals surface area contributed by atoms with Crippen molar-refractivity contribution >= 4 is 17.3 Å². The molecule has 3 aromatic rings. The van der Waals surface area contributed by atoms with Crippen LogP contribution in [0.1, 0.15) is 16.7 Å². The van der Waals surface area contributed by atoms with Crippen LogP contribution in [0.2, 0.25) is 5.02 Å². The first-order valence-corrected chi connectivity index (χ1v) is 8.45. The zero-order valence-corrected chi connectivity index (χ0v) is 14.7. The molecule has 0 atom stereocenters. The molecular formula is C21H19ClFNO. The molecule has 0 aliphatic heterocycles. The molecule has 0 radical (unpaired) electrons. The monoisotopic (exact) mass is 355 g/mol. The Hall–Kier alpha value is -2.52. The standard InChI is InChI=1S/C21H19ClFNO/c1-15-9-10-18(22)12-20(15)24-13-17-6-2-3-8-21(17)25-14-16-5-4-7-19(23)11-16/h2-12,24H,13-14H2,1H3. The second kappa shape index (κ2) is 8.04. The normalized spacial score (nSPS) is 10.5. The molecule has 0 saturated heterocycles. The van der Waals surface area contributed by atoms with Crippen LogP contribution in [-0.4, -0.2) is 0 Å². The Labute approximate surface area is 152 Å². The van der Waals surface area contributed by atoms with Gasteiger partial charge < -0.3 is 10.1 Å². The van der Waals surface area contributed by atoms with Crippen molar-refractivity contribution in [2.75, 3.05) is 5.32 Å². The predicted molar refractivity (Wildman–Crippen MR) is 101 cm³/mol. The van der Waals surface area contributed by atoms with Gasteiger partial charge in [0.25, 0.3) is 0 Å². The maximum atomic E-state index is 13.3. The summed E-state index contributed by atoms with van der Waals surface area (Å²) < 4.78 is 19.2. The molecule has 0 aliphatic carbocycles. The number of benzene rings is 3. The lowest BCUT2D eigenvalue weighted by molar-refractivity contribution is 0.302. The molecular weight excluding hydrogens is 337 g/mol. The second-order valence-corrected chi connectivity index (χ2v) is 6.28. The Morgan fingerprint density at radius 3 is 2.68 bits per heavy atom. The van der Waals surface area contributed by atoms with Crippen LogP contribution >= 0.6 is 11.6 Å². The van der Waals surface area contributed by atoms with Crippen molar-refractivity contribution in [1.82, 2.24) is 0 Å². The van der Waals surface area contributed by atoms with Crippen molar-refractivity contribution in [3.8, 4) is 5.75 Å². The molecule has 2 nitrogen and oxygen atoms in total. The number of para-hydroxylation sites is 1. The molecule has 0 aromatic heterocycles. The second-order valence-electron chi connectivity index (χ2n) is 5.84. The van der Waals surface area contributed by atoms with Gasteiger partial charge in [0.2, 0.25) is 0 Å². The first kappa shape index (κ1) is 17.3. The number of ether oxygens (including phenoxy) is 1. The summed E-state index contributed by atoms with van der Waals surface area (Å²) in [7, 11) is 0. The zero-order valence-electron chi connectivity index (χ0n) is 13.9. The van der Waals surface area contributed by atoms with Gasteiger partial charge in [0.05, 0.1) is 0 Å². The Balaban J connectivity index is 1.69. The highest BCUT2D eigenvalue weighted by molar-refractivity contribution is 6.30. The lowest BCUT2D eigenvalue weighted by Crippen LogP contribution is -2.04. The number of anilines is 1. The van der Waals surface area contributed by atoms with Gasteiger partial charge in [-0.25, -0.2) is 4.39 Å². The molecule has 3 aromatic carbocycles. The van der Waals surface area contributed by atoms with Gasteiger partial charge in [0.1, 0.15) is 18.2 Å². The summed E-state index contributed by atoms with van der Waals surface area (Å²) in [6, 6.07) is 20.0. The van der Waals surface area contributed by atoms with Gasteiger partial charge in [-0.15, -0.1) is 0 Å². The fraction of sp³-hybridized carbons (Fsp3) is 0.143. The van der Waals surface area contributed by atoms with Crippen LogP contribution in [0.5, 0.6) is 5.75 Å². The van der Waals surface area contributed by atoms with E-state index in [0.29, 0.717) is 18.2 Å². The number of nitrogens with one attached hydrogen (secondary N) is 1. The summed E-state index contributed by atoms with van der Waals surface area (Å²) in [5, 5.41) is 4.09. The first-order chi connectivity index (χ1) is 12.1. The van der Waals surface area contributed by atoms with E-state index in [2.05, 4.69) is 5.32 Å². The molecule has 0 spiro atoms. The highest BCUT2D eigenvalue weighted by atomic mass is 35.5. The Morgan fingerprint density at radius 1 is 1.00 bits per heavy atom. The van der Waals surface area contributed by atoms with Crippen molar-refractivity contribution in [2.45, 2.75) is 20.1 Å². The molecule has 0 saturated carbocycles. The molecule has 0 amide bonds. The Bertz CT molecular complexity index is 866. The summed E-state index contributed by atoms with van der Waals surface area (Å²) in [5.41, 5.74) is 3.95. The number of rotatable bonds is 6. The fourth-order valence-corrected chi connectivity index (χ4v) is 2.73. The van der Waals surface area contributed by atoms with Gasteiger partial charge in [-0.2, -0.15) is 0 Å². The van der Waals surface area contributed by atoms with Gasteiger partial charge in [-0.05, 0) is 48.4 Å². The lowest BCUT2D eigenvalue weighted by atomic mass is 10.1. The van der Waals surface area contributed by atoms with Crippen LogP contribution in [-0.2, 0) is 13.2 Å². The molecule has 0 unspecified atom stereocenters. The van der Waals surface area contributed by atoms with E-state index in [1.807, 2.05) is 55.5 Å². The van der Waals surface area contributed by atoms with Crippen LogP contribution in [0.3, 0.4) is 0 Å². The van der Waals surface area contributed by atoms with E-state index in [9.17, 15) is 4.39 Å². The summed E-state index contributed by atoms with van der Waals surface area (Å²) in [6.45, 7) is 2.97. The van der Waals surface area contributed by atoms with Gasteiger partial charge in [-0.3, -0.25) is 0 Å².